The SMILES string of the molecule is CC(=O)c1nc(N2CCCC2)cc(N2CCOCC2)n1. The normalized spacial score (nSPS) is 19.4. The van der Waals surface area contributed by atoms with E-state index in [0.29, 0.717) is 19.0 Å². The maximum absolute atomic E-state index is 11.7. The molecule has 20 heavy (non-hydrogen) atoms. The highest BCUT2D eigenvalue weighted by Crippen LogP contribution is 2.23. The summed E-state index contributed by atoms with van der Waals surface area (Å²) in [6.07, 6.45) is 2.37. The van der Waals surface area contributed by atoms with E-state index in [4.69, 9.17) is 4.74 Å². The standard InChI is InChI=1S/C14H20N4O2/c1-11(19)14-15-12(17-4-2-3-5-17)10-13(16-14)18-6-8-20-9-7-18/h10H,2-9H2,1H3. The number of Topliss-reactive ketones (excluding diaryl/α,β-unsaturated/α-hetero) is 1. The molecular formula is C14H20N4O2. The van der Waals surface area contributed by atoms with E-state index < -0.39 is 0 Å². The molecule has 0 saturated carbocycles. The second kappa shape index (κ2) is 5.75. The number of hydrogen-bond acceptors (Lipinski definition) is 6. The van der Waals surface area contributed by atoms with Gasteiger partial charge in [-0.25, -0.2) is 9.97 Å². The molecule has 0 spiro atoms. The zero-order valence-electron chi connectivity index (χ0n) is 11.8. The lowest BCUT2D eigenvalue weighted by atomic mass is 10.3. The number of ether oxygens (including phenoxy) is 1. The number of carbonyl (C=O) groups is 1. The van der Waals surface area contributed by atoms with Gasteiger partial charge in [0.2, 0.25) is 0 Å². The third kappa shape index (κ3) is 2.75. The van der Waals surface area contributed by atoms with E-state index >= 15 is 0 Å². The van der Waals surface area contributed by atoms with E-state index in [-0.39, 0.29) is 5.78 Å². The van der Waals surface area contributed by atoms with Crippen LogP contribution in [0.3, 0.4) is 0 Å². The van der Waals surface area contributed by atoms with Crippen molar-refractivity contribution in [3.8, 4) is 0 Å². The summed E-state index contributed by atoms with van der Waals surface area (Å²) in [5.41, 5.74) is 0. The minimum absolute atomic E-state index is 0.0828. The summed E-state index contributed by atoms with van der Waals surface area (Å²) < 4.78 is 5.37. The van der Waals surface area contributed by atoms with E-state index in [0.717, 1.165) is 37.8 Å². The Kier molecular flexibility index (Phi) is 3.82. The third-order valence-electron chi connectivity index (χ3n) is 3.78. The lowest BCUT2D eigenvalue weighted by Gasteiger charge is -2.29. The largest absolute Gasteiger partial charge is 0.378 e. The van der Waals surface area contributed by atoms with Crippen LogP contribution in [0, 0.1) is 0 Å². The smallest absolute Gasteiger partial charge is 0.199 e. The van der Waals surface area contributed by atoms with Crippen LogP contribution < -0.4 is 9.80 Å². The molecule has 0 aromatic carbocycles. The monoisotopic (exact) mass is 276 g/mol. The van der Waals surface area contributed by atoms with Crippen molar-refractivity contribution in [3.63, 3.8) is 0 Å². The Morgan fingerprint density at radius 1 is 1.05 bits per heavy atom. The van der Waals surface area contributed by atoms with Crippen molar-refractivity contribution in [2.24, 2.45) is 0 Å². The highest BCUT2D eigenvalue weighted by molar-refractivity contribution is 5.91. The van der Waals surface area contributed by atoms with Crippen molar-refractivity contribution >= 4 is 17.4 Å². The molecule has 0 radical (unpaired) electrons. The predicted octanol–water partition coefficient (Wildman–Crippen LogP) is 1.12. The zero-order valence-corrected chi connectivity index (χ0v) is 11.8. The van der Waals surface area contributed by atoms with Crippen LogP contribution in [0.15, 0.2) is 6.07 Å². The molecule has 1 aromatic heterocycles. The first-order valence-electron chi connectivity index (χ1n) is 7.22. The molecule has 1 aromatic rings. The van der Waals surface area contributed by atoms with E-state index in [1.165, 1.54) is 19.8 Å². The maximum Gasteiger partial charge on any atom is 0.199 e. The van der Waals surface area contributed by atoms with Gasteiger partial charge in [0.1, 0.15) is 11.6 Å². The summed E-state index contributed by atoms with van der Waals surface area (Å²) in [5.74, 6) is 1.95. The molecule has 2 fully saturated rings. The van der Waals surface area contributed by atoms with Crippen LogP contribution >= 0.6 is 0 Å². The van der Waals surface area contributed by atoms with Gasteiger partial charge in [0.05, 0.1) is 13.2 Å². The van der Waals surface area contributed by atoms with Crippen LogP contribution in [0.1, 0.15) is 30.4 Å². The molecule has 2 aliphatic heterocycles. The molecule has 0 atom stereocenters. The van der Waals surface area contributed by atoms with Gasteiger partial charge in [-0.1, -0.05) is 0 Å². The number of morpholine rings is 1. The molecule has 108 valence electrons. The van der Waals surface area contributed by atoms with Gasteiger partial charge >= 0.3 is 0 Å². The van der Waals surface area contributed by atoms with Crippen molar-refractivity contribution in [3.05, 3.63) is 11.9 Å². The van der Waals surface area contributed by atoms with Gasteiger partial charge in [-0.15, -0.1) is 0 Å². The fourth-order valence-corrected chi connectivity index (χ4v) is 2.64. The molecule has 0 bridgehead atoms. The Morgan fingerprint density at radius 2 is 1.60 bits per heavy atom. The lowest BCUT2D eigenvalue weighted by molar-refractivity contribution is 0.100. The molecule has 6 heteroatoms. The van der Waals surface area contributed by atoms with E-state index in [9.17, 15) is 4.79 Å². The van der Waals surface area contributed by atoms with Crippen LogP contribution in [-0.2, 0) is 4.74 Å². The second-order valence-electron chi connectivity index (χ2n) is 5.26. The molecule has 0 unspecified atom stereocenters. The summed E-state index contributed by atoms with van der Waals surface area (Å²) in [6.45, 7) is 6.58. The Hall–Kier alpha value is -1.69. The Morgan fingerprint density at radius 3 is 2.15 bits per heavy atom. The van der Waals surface area contributed by atoms with Crippen LogP contribution in [0.5, 0.6) is 0 Å². The summed E-state index contributed by atoms with van der Waals surface area (Å²) >= 11 is 0. The highest BCUT2D eigenvalue weighted by atomic mass is 16.5. The molecule has 2 saturated heterocycles. The molecule has 3 rings (SSSR count). The number of carbonyl (C=O) groups excluding carboxylic acids is 1. The number of aromatic nitrogens is 2. The van der Waals surface area contributed by atoms with Crippen molar-refractivity contribution in [2.75, 3.05) is 49.2 Å². The van der Waals surface area contributed by atoms with Gasteiger partial charge in [0, 0.05) is 39.2 Å². The number of nitrogens with zero attached hydrogens (tertiary/aromatic N) is 4. The van der Waals surface area contributed by atoms with Gasteiger partial charge in [0.15, 0.2) is 11.6 Å². The van der Waals surface area contributed by atoms with E-state index in [2.05, 4.69) is 19.8 Å². The highest BCUT2D eigenvalue weighted by Gasteiger charge is 2.20. The summed E-state index contributed by atoms with van der Waals surface area (Å²) in [5, 5.41) is 0. The molecule has 0 N–H and O–H groups in total. The third-order valence-corrected chi connectivity index (χ3v) is 3.78. The lowest BCUT2D eigenvalue weighted by Crippen LogP contribution is -2.37. The van der Waals surface area contributed by atoms with Gasteiger partial charge in [-0.05, 0) is 12.8 Å². The van der Waals surface area contributed by atoms with Crippen molar-refractivity contribution in [2.45, 2.75) is 19.8 Å². The average molecular weight is 276 g/mol. The Balaban J connectivity index is 1.93. The van der Waals surface area contributed by atoms with Crippen molar-refractivity contribution < 1.29 is 9.53 Å². The van der Waals surface area contributed by atoms with Crippen molar-refractivity contribution in [1.82, 2.24) is 9.97 Å². The molecule has 0 amide bonds. The summed E-state index contributed by atoms with van der Waals surface area (Å²) in [6, 6.07) is 2.00. The quantitative estimate of drug-likeness (QED) is 0.771. The van der Waals surface area contributed by atoms with Crippen LogP contribution in [-0.4, -0.2) is 55.1 Å². The van der Waals surface area contributed by atoms with Crippen LogP contribution in [0.2, 0.25) is 0 Å². The molecule has 0 aliphatic carbocycles. The van der Waals surface area contributed by atoms with E-state index in [1.807, 2.05) is 6.07 Å². The Labute approximate surface area is 118 Å². The van der Waals surface area contributed by atoms with Gasteiger partial charge in [-0.2, -0.15) is 0 Å². The number of ketones is 1. The fraction of sp³-hybridized carbons (Fsp3) is 0.643. The topological polar surface area (TPSA) is 58.6 Å². The minimum Gasteiger partial charge on any atom is -0.378 e. The summed E-state index contributed by atoms with van der Waals surface area (Å²) in [4.78, 5) is 24.9. The minimum atomic E-state index is -0.0828. The van der Waals surface area contributed by atoms with Gasteiger partial charge < -0.3 is 14.5 Å². The molecule has 3 heterocycles. The maximum atomic E-state index is 11.7. The van der Waals surface area contributed by atoms with Crippen LogP contribution in [0.25, 0.3) is 0 Å². The average Bonchev–Trinajstić information content (AvgIpc) is 3.02. The molecule has 2 aliphatic rings. The second-order valence-corrected chi connectivity index (χ2v) is 5.26. The fourth-order valence-electron chi connectivity index (χ4n) is 2.64. The van der Waals surface area contributed by atoms with E-state index in [1.54, 1.807) is 0 Å². The molecular weight excluding hydrogens is 256 g/mol. The van der Waals surface area contributed by atoms with Crippen molar-refractivity contribution in [1.29, 1.82) is 0 Å². The molecule has 6 nitrogen and oxygen atoms in total. The van der Waals surface area contributed by atoms with Crippen LogP contribution in [0.4, 0.5) is 11.6 Å². The zero-order chi connectivity index (χ0) is 13.9. The van der Waals surface area contributed by atoms with Gasteiger partial charge in [-0.3, -0.25) is 4.79 Å². The first-order chi connectivity index (χ1) is 9.74. The van der Waals surface area contributed by atoms with Gasteiger partial charge in [0.25, 0.3) is 0 Å². The summed E-state index contributed by atoms with van der Waals surface area (Å²) in [7, 11) is 0. The number of hydrogen-bond donors (Lipinski definition) is 0. The number of anilines is 2. The predicted molar refractivity (Wildman–Crippen MR) is 76.5 cm³/mol. The Bertz CT molecular complexity index is 494. The number of rotatable bonds is 3. The first kappa shape index (κ1) is 13.3. The first-order valence-corrected chi connectivity index (χ1v) is 7.22.